The number of aryl methyl sites for hydroxylation is 1. The Morgan fingerprint density at radius 1 is 1.06 bits per heavy atom. The highest BCUT2D eigenvalue weighted by atomic mass is 16.5. The van der Waals surface area contributed by atoms with E-state index < -0.39 is 0 Å². The first-order chi connectivity index (χ1) is 16.7. The molecule has 0 aliphatic carbocycles. The normalized spacial score (nSPS) is 14.1. The van der Waals surface area contributed by atoms with Crippen LogP contribution in [0.1, 0.15) is 17.3 Å². The van der Waals surface area contributed by atoms with Gasteiger partial charge in [0.15, 0.2) is 5.65 Å². The predicted molar refractivity (Wildman–Crippen MR) is 129 cm³/mol. The molecule has 0 bridgehead atoms. The van der Waals surface area contributed by atoms with E-state index in [1.807, 2.05) is 41.8 Å². The number of nitrogens with one attached hydrogen (secondary N) is 1. The lowest BCUT2D eigenvalue weighted by Crippen LogP contribution is -2.22. The first-order valence-electron chi connectivity index (χ1n) is 10.7. The molecule has 5 heterocycles. The van der Waals surface area contributed by atoms with Crippen molar-refractivity contribution >= 4 is 17.4 Å². The van der Waals surface area contributed by atoms with Gasteiger partial charge in [0.1, 0.15) is 18.2 Å². The van der Waals surface area contributed by atoms with E-state index in [0.717, 1.165) is 40.8 Å². The second-order valence-electron chi connectivity index (χ2n) is 7.76. The smallest absolute Gasteiger partial charge is 0.228 e. The van der Waals surface area contributed by atoms with E-state index >= 15 is 0 Å². The van der Waals surface area contributed by atoms with Crippen molar-refractivity contribution < 1.29 is 4.74 Å². The Labute approximate surface area is 196 Å². The summed E-state index contributed by atoms with van der Waals surface area (Å²) in [5.41, 5.74) is 3.66. The third-order valence-corrected chi connectivity index (χ3v) is 5.63. The molecule has 6 rings (SSSR count). The minimum atomic E-state index is 0.152. The van der Waals surface area contributed by atoms with Crippen LogP contribution >= 0.6 is 0 Å². The van der Waals surface area contributed by atoms with Gasteiger partial charge >= 0.3 is 0 Å². The van der Waals surface area contributed by atoms with Crippen molar-refractivity contribution in [2.24, 2.45) is 7.05 Å². The molecule has 0 spiro atoms. The fourth-order valence-corrected chi connectivity index (χ4v) is 4.03. The summed E-state index contributed by atoms with van der Waals surface area (Å²) in [6.45, 7) is 0.559. The van der Waals surface area contributed by atoms with Gasteiger partial charge in [-0.05, 0) is 24.1 Å². The van der Waals surface area contributed by atoms with E-state index in [2.05, 4.69) is 67.7 Å². The van der Waals surface area contributed by atoms with Crippen LogP contribution in [0.25, 0.3) is 16.9 Å². The molecule has 9 nitrogen and oxygen atoms in total. The molecule has 0 unspecified atom stereocenters. The summed E-state index contributed by atoms with van der Waals surface area (Å²) < 4.78 is 9.87. The van der Waals surface area contributed by atoms with Crippen LogP contribution in [-0.2, 0) is 13.5 Å². The van der Waals surface area contributed by atoms with Gasteiger partial charge in [-0.25, -0.2) is 14.4 Å². The molecule has 0 saturated heterocycles. The predicted octanol–water partition coefficient (Wildman–Crippen LogP) is 3.63. The highest BCUT2D eigenvalue weighted by Crippen LogP contribution is 2.33. The molecule has 0 saturated carbocycles. The number of benzene rings is 1. The SMILES string of the molecule is C#C.Cn1nccc1Nc1nccc(-c2cc3n4c(nnc4c2)[C@@H](Cc2ccccc2)CO3)n1. The fraction of sp³-hybridized carbons (Fsp3) is 0.160. The quantitative estimate of drug-likeness (QED) is 0.409. The van der Waals surface area contributed by atoms with Crippen LogP contribution in [-0.4, -0.2) is 41.0 Å². The largest absolute Gasteiger partial charge is 0.478 e. The third-order valence-electron chi connectivity index (χ3n) is 5.63. The maximum absolute atomic E-state index is 6.14. The molecular weight excluding hydrogens is 428 g/mol. The number of rotatable bonds is 5. The average molecular weight is 451 g/mol. The summed E-state index contributed by atoms with van der Waals surface area (Å²) in [4.78, 5) is 8.98. The fourth-order valence-electron chi connectivity index (χ4n) is 4.03. The first kappa shape index (κ1) is 21.2. The number of nitrogens with zero attached hydrogens (tertiary/aromatic N) is 7. The number of terminal acetylenes is 1. The molecule has 1 N–H and O–H groups in total. The second-order valence-corrected chi connectivity index (χ2v) is 7.76. The Bertz CT molecular complexity index is 1450. The summed E-state index contributed by atoms with van der Waals surface area (Å²) in [6, 6.07) is 18.1. The molecule has 0 amide bonds. The number of anilines is 2. The number of pyridine rings is 1. The second kappa shape index (κ2) is 9.03. The average Bonchev–Trinajstić information content (AvgIpc) is 3.50. The molecule has 0 radical (unpaired) electrons. The molecule has 1 aliphatic heterocycles. The van der Waals surface area contributed by atoms with Gasteiger partial charge in [0.25, 0.3) is 0 Å². The molecule has 1 aromatic carbocycles. The van der Waals surface area contributed by atoms with Gasteiger partial charge in [-0.2, -0.15) is 5.10 Å². The Morgan fingerprint density at radius 2 is 1.91 bits per heavy atom. The number of hydrogen-bond acceptors (Lipinski definition) is 7. The molecule has 1 aliphatic rings. The maximum Gasteiger partial charge on any atom is 0.228 e. The van der Waals surface area contributed by atoms with Crippen LogP contribution in [0.15, 0.2) is 67.0 Å². The van der Waals surface area contributed by atoms with Gasteiger partial charge in [0.05, 0.1) is 17.8 Å². The molecule has 9 heteroatoms. The van der Waals surface area contributed by atoms with E-state index in [1.54, 1.807) is 17.1 Å². The molecule has 168 valence electrons. The highest BCUT2D eigenvalue weighted by molar-refractivity contribution is 5.67. The van der Waals surface area contributed by atoms with Crippen LogP contribution in [0, 0.1) is 12.8 Å². The number of hydrogen-bond donors (Lipinski definition) is 1. The van der Waals surface area contributed by atoms with Crippen LogP contribution in [0.3, 0.4) is 0 Å². The van der Waals surface area contributed by atoms with Gasteiger partial charge < -0.3 is 10.1 Å². The van der Waals surface area contributed by atoms with Gasteiger partial charge in [-0.15, -0.1) is 23.0 Å². The van der Waals surface area contributed by atoms with E-state index in [0.29, 0.717) is 12.6 Å². The first-order valence-corrected chi connectivity index (χ1v) is 10.7. The summed E-state index contributed by atoms with van der Waals surface area (Å²) >= 11 is 0. The van der Waals surface area contributed by atoms with E-state index in [1.165, 1.54) is 5.56 Å². The van der Waals surface area contributed by atoms with Crippen molar-refractivity contribution in [3.8, 4) is 30.0 Å². The maximum atomic E-state index is 6.14. The minimum Gasteiger partial charge on any atom is -0.478 e. The van der Waals surface area contributed by atoms with Crippen molar-refractivity contribution in [3.63, 3.8) is 0 Å². The standard InChI is InChI=1S/C23H20N8O.C2H2/c1-30-19(8-10-25-30)27-23-24-9-7-18(26-23)16-12-20-28-29-22-17(11-15-5-3-2-4-6-15)14-32-21(13-16)31(20)22;1-2/h2-10,12-13,17H,11,14H2,1H3,(H,24,26,27);1-2H/t17-;/m0./s1. The third kappa shape index (κ3) is 3.93. The molecule has 4 aromatic heterocycles. The summed E-state index contributed by atoms with van der Waals surface area (Å²) in [5, 5.41) is 16.3. The summed E-state index contributed by atoms with van der Waals surface area (Å²) in [5.74, 6) is 3.10. The topological polar surface area (TPSA) is 95.1 Å². The zero-order valence-corrected chi connectivity index (χ0v) is 18.5. The summed E-state index contributed by atoms with van der Waals surface area (Å²) in [7, 11) is 1.86. The van der Waals surface area contributed by atoms with E-state index in [9.17, 15) is 0 Å². The van der Waals surface area contributed by atoms with Crippen molar-refractivity contribution in [2.75, 3.05) is 11.9 Å². The van der Waals surface area contributed by atoms with Crippen LogP contribution in [0.2, 0.25) is 0 Å². The van der Waals surface area contributed by atoms with Crippen molar-refractivity contribution in [2.45, 2.75) is 12.3 Å². The number of aromatic nitrogens is 7. The number of ether oxygens (including phenoxy) is 1. The molecule has 34 heavy (non-hydrogen) atoms. The Hall–Kier alpha value is -4.71. The molecule has 1 atom stereocenters. The lowest BCUT2D eigenvalue weighted by Gasteiger charge is -2.23. The van der Waals surface area contributed by atoms with Gasteiger partial charge in [-0.1, -0.05) is 30.3 Å². The van der Waals surface area contributed by atoms with Crippen molar-refractivity contribution in [1.29, 1.82) is 0 Å². The van der Waals surface area contributed by atoms with Crippen molar-refractivity contribution in [1.82, 2.24) is 34.3 Å². The Balaban J connectivity index is 0.00000117. The summed E-state index contributed by atoms with van der Waals surface area (Å²) in [6.07, 6.45) is 12.3. The monoisotopic (exact) mass is 450 g/mol. The molecular formula is C25H22N8O. The van der Waals surface area contributed by atoms with Crippen LogP contribution in [0.4, 0.5) is 11.8 Å². The van der Waals surface area contributed by atoms with Crippen molar-refractivity contribution in [3.05, 3.63) is 78.4 Å². The van der Waals surface area contributed by atoms with Gasteiger partial charge in [-0.3, -0.25) is 4.68 Å². The van der Waals surface area contributed by atoms with Gasteiger partial charge in [0, 0.05) is 30.9 Å². The van der Waals surface area contributed by atoms with Crippen LogP contribution in [0.5, 0.6) is 5.88 Å². The van der Waals surface area contributed by atoms with Gasteiger partial charge in [0.2, 0.25) is 11.8 Å². The lowest BCUT2D eigenvalue weighted by molar-refractivity contribution is 0.245. The zero-order valence-electron chi connectivity index (χ0n) is 18.5. The van der Waals surface area contributed by atoms with Crippen LogP contribution < -0.4 is 10.1 Å². The van der Waals surface area contributed by atoms with E-state index in [4.69, 9.17) is 4.74 Å². The Kier molecular flexibility index (Phi) is 5.62. The molecule has 5 aromatic rings. The molecule has 0 fully saturated rings. The lowest BCUT2D eigenvalue weighted by atomic mass is 9.98. The minimum absolute atomic E-state index is 0.152. The highest BCUT2D eigenvalue weighted by Gasteiger charge is 2.27. The Morgan fingerprint density at radius 3 is 2.71 bits per heavy atom. The van der Waals surface area contributed by atoms with E-state index in [-0.39, 0.29) is 5.92 Å². The zero-order chi connectivity index (χ0) is 23.5.